The van der Waals surface area contributed by atoms with Gasteiger partial charge in [0.25, 0.3) is 5.69 Å². The standard InChI is InChI=1S/C10H12BrN3O4/c1-13-8(10(12)15)5-18-9-4-6(14(16)17)2-3-7(9)11/h2-4,8,13H,5H2,1H3,(H2,12,15). The number of amides is 1. The van der Waals surface area contributed by atoms with Gasteiger partial charge in [0.1, 0.15) is 18.4 Å². The molecule has 0 saturated carbocycles. The smallest absolute Gasteiger partial charge is 0.273 e. The van der Waals surface area contributed by atoms with Crippen LogP contribution in [-0.4, -0.2) is 30.5 Å². The number of ether oxygens (including phenoxy) is 1. The Bertz CT molecular complexity index is 466. The van der Waals surface area contributed by atoms with Crippen LogP contribution in [0.1, 0.15) is 0 Å². The molecule has 0 aliphatic heterocycles. The van der Waals surface area contributed by atoms with E-state index in [1.807, 2.05) is 0 Å². The molecule has 0 saturated heterocycles. The fraction of sp³-hybridized carbons (Fsp3) is 0.300. The monoisotopic (exact) mass is 317 g/mol. The molecule has 0 aliphatic rings. The molecular formula is C10H12BrN3O4. The highest BCUT2D eigenvalue weighted by molar-refractivity contribution is 9.10. The average molecular weight is 318 g/mol. The Hall–Kier alpha value is -1.67. The van der Waals surface area contributed by atoms with Crippen LogP contribution in [0, 0.1) is 10.1 Å². The lowest BCUT2D eigenvalue weighted by molar-refractivity contribution is -0.385. The highest BCUT2D eigenvalue weighted by Crippen LogP contribution is 2.29. The van der Waals surface area contributed by atoms with Crippen molar-refractivity contribution in [3.8, 4) is 5.75 Å². The summed E-state index contributed by atoms with van der Waals surface area (Å²) in [5.41, 5.74) is 5.04. The van der Waals surface area contributed by atoms with Gasteiger partial charge in [-0.15, -0.1) is 0 Å². The number of non-ortho nitro benzene ring substituents is 1. The third-order valence-electron chi connectivity index (χ3n) is 2.22. The number of nitro benzene ring substituents is 1. The van der Waals surface area contributed by atoms with Crippen LogP contribution in [0.2, 0.25) is 0 Å². The van der Waals surface area contributed by atoms with Crippen molar-refractivity contribution in [1.29, 1.82) is 0 Å². The minimum absolute atomic E-state index is 0.00833. The first-order valence-corrected chi connectivity index (χ1v) is 5.78. The predicted octanol–water partition coefficient (Wildman–Crippen LogP) is 0.809. The van der Waals surface area contributed by atoms with Gasteiger partial charge >= 0.3 is 0 Å². The minimum Gasteiger partial charge on any atom is -0.490 e. The third kappa shape index (κ3) is 3.67. The zero-order chi connectivity index (χ0) is 13.7. The number of halogens is 1. The number of nitrogens with one attached hydrogen (secondary N) is 1. The van der Waals surface area contributed by atoms with Gasteiger partial charge in [0.05, 0.1) is 15.5 Å². The van der Waals surface area contributed by atoms with Crippen molar-refractivity contribution >= 4 is 27.5 Å². The lowest BCUT2D eigenvalue weighted by atomic mass is 10.3. The van der Waals surface area contributed by atoms with Crippen LogP contribution in [0.15, 0.2) is 22.7 Å². The van der Waals surface area contributed by atoms with E-state index in [2.05, 4.69) is 21.2 Å². The van der Waals surface area contributed by atoms with E-state index in [1.54, 1.807) is 7.05 Å². The largest absolute Gasteiger partial charge is 0.490 e. The Labute approximate surface area is 112 Å². The van der Waals surface area contributed by atoms with Crippen molar-refractivity contribution in [3.05, 3.63) is 32.8 Å². The molecule has 1 aromatic carbocycles. The molecule has 1 rings (SSSR count). The number of rotatable bonds is 6. The highest BCUT2D eigenvalue weighted by atomic mass is 79.9. The molecule has 7 nitrogen and oxygen atoms in total. The number of hydrogen-bond donors (Lipinski definition) is 2. The van der Waals surface area contributed by atoms with E-state index < -0.39 is 16.9 Å². The van der Waals surface area contributed by atoms with E-state index in [9.17, 15) is 14.9 Å². The Morgan fingerprint density at radius 2 is 2.33 bits per heavy atom. The van der Waals surface area contributed by atoms with Gasteiger partial charge in [0, 0.05) is 6.07 Å². The van der Waals surface area contributed by atoms with Crippen LogP contribution in [0.25, 0.3) is 0 Å². The fourth-order valence-electron chi connectivity index (χ4n) is 1.20. The summed E-state index contributed by atoms with van der Waals surface area (Å²) in [5.74, 6) is -0.273. The van der Waals surface area contributed by atoms with Crippen LogP contribution in [-0.2, 0) is 4.79 Å². The molecule has 0 spiro atoms. The molecule has 3 N–H and O–H groups in total. The zero-order valence-corrected chi connectivity index (χ0v) is 11.1. The molecule has 1 aromatic rings. The molecule has 0 radical (unpaired) electrons. The number of nitrogens with zero attached hydrogens (tertiary/aromatic N) is 1. The van der Waals surface area contributed by atoms with Crippen molar-refractivity contribution in [2.24, 2.45) is 5.73 Å². The van der Waals surface area contributed by atoms with Gasteiger partial charge in [0.15, 0.2) is 0 Å². The molecular weight excluding hydrogens is 306 g/mol. The lowest BCUT2D eigenvalue weighted by Gasteiger charge is -2.14. The maximum absolute atomic E-state index is 11.0. The van der Waals surface area contributed by atoms with Crippen LogP contribution < -0.4 is 15.8 Å². The van der Waals surface area contributed by atoms with E-state index in [1.165, 1.54) is 18.2 Å². The summed E-state index contributed by atoms with van der Waals surface area (Å²) in [4.78, 5) is 21.1. The lowest BCUT2D eigenvalue weighted by Crippen LogP contribution is -2.43. The van der Waals surface area contributed by atoms with E-state index in [4.69, 9.17) is 10.5 Å². The first kappa shape index (κ1) is 14.4. The van der Waals surface area contributed by atoms with Gasteiger partial charge < -0.3 is 15.8 Å². The molecule has 0 aliphatic carbocycles. The minimum atomic E-state index is -0.656. The Balaban J connectivity index is 2.80. The van der Waals surface area contributed by atoms with Crippen LogP contribution in [0.5, 0.6) is 5.75 Å². The highest BCUT2D eigenvalue weighted by Gasteiger charge is 2.16. The quantitative estimate of drug-likeness (QED) is 0.596. The van der Waals surface area contributed by atoms with Crippen molar-refractivity contribution < 1.29 is 14.5 Å². The number of carbonyl (C=O) groups excluding carboxylic acids is 1. The van der Waals surface area contributed by atoms with Crippen LogP contribution in [0.3, 0.4) is 0 Å². The van der Waals surface area contributed by atoms with Crippen molar-refractivity contribution in [2.45, 2.75) is 6.04 Å². The van der Waals surface area contributed by atoms with Crippen LogP contribution in [0.4, 0.5) is 5.69 Å². The number of nitro groups is 1. The van der Waals surface area contributed by atoms with Gasteiger partial charge in [0.2, 0.25) is 5.91 Å². The second-order valence-electron chi connectivity index (χ2n) is 3.43. The average Bonchev–Trinajstić information content (AvgIpc) is 2.31. The van der Waals surface area contributed by atoms with E-state index >= 15 is 0 Å². The van der Waals surface area contributed by atoms with E-state index in [0.717, 1.165) is 0 Å². The number of likely N-dealkylation sites (N-methyl/N-ethyl adjacent to an activating group) is 1. The molecule has 8 heteroatoms. The topological polar surface area (TPSA) is 107 Å². The fourth-order valence-corrected chi connectivity index (χ4v) is 1.56. The molecule has 0 heterocycles. The van der Waals surface area contributed by atoms with Crippen molar-refractivity contribution in [3.63, 3.8) is 0 Å². The first-order chi connectivity index (χ1) is 8.45. The number of nitrogens with two attached hydrogens (primary N) is 1. The maximum Gasteiger partial charge on any atom is 0.273 e. The number of hydrogen-bond acceptors (Lipinski definition) is 5. The second kappa shape index (κ2) is 6.31. The van der Waals surface area contributed by atoms with Crippen molar-refractivity contribution in [2.75, 3.05) is 13.7 Å². The summed E-state index contributed by atoms with van der Waals surface area (Å²) in [7, 11) is 1.57. The Kier molecular flexibility index (Phi) is 5.05. The Morgan fingerprint density at radius 1 is 1.67 bits per heavy atom. The van der Waals surface area contributed by atoms with Gasteiger partial charge in [-0.3, -0.25) is 14.9 Å². The summed E-state index contributed by atoms with van der Waals surface area (Å²) in [6.45, 7) is -0.00833. The summed E-state index contributed by atoms with van der Waals surface area (Å²) in [5, 5.41) is 13.3. The normalized spacial score (nSPS) is 11.9. The molecule has 0 fully saturated rings. The molecule has 0 aromatic heterocycles. The van der Waals surface area contributed by atoms with E-state index in [0.29, 0.717) is 4.47 Å². The molecule has 98 valence electrons. The van der Waals surface area contributed by atoms with Gasteiger partial charge in [-0.05, 0) is 29.0 Å². The molecule has 1 amide bonds. The van der Waals surface area contributed by atoms with E-state index in [-0.39, 0.29) is 18.0 Å². The number of carbonyl (C=O) groups is 1. The molecule has 0 bridgehead atoms. The zero-order valence-electron chi connectivity index (χ0n) is 9.55. The summed E-state index contributed by atoms with van der Waals surface area (Å²) < 4.78 is 5.89. The summed E-state index contributed by atoms with van der Waals surface area (Å²) >= 11 is 3.20. The van der Waals surface area contributed by atoms with Gasteiger partial charge in [-0.25, -0.2) is 0 Å². The molecule has 18 heavy (non-hydrogen) atoms. The van der Waals surface area contributed by atoms with Crippen LogP contribution >= 0.6 is 15.9 Å². The third-order valence-corrected chi connectivity index (χ3v) is 2.88. The maximum atomic E-state index is 11.0. The second-order valence-corrected chi connectivity index (χ2v) is 4.28. The SMILES string of the molecule is CNC(COc1cc([N+](=O)[O-])ccc1Br)C(N)=O. The van der Waals surface area contributed by atoms with Gasteiger partial charge in [-0.2, -0.15) is 0 Å². The molecule has 1 atom stereocenters. The number of benzene rings is 1. The summed E-state index contributed by atoms with van der Waals surface area (Å²) in [6, 6.07) is 3.47. The predicted molar refractivity (Wildman–Crippen MR) is 68.3 cm³/mol. The summed E-state index contributed by atoms with van der Waals surface area (Å²) in [6.07, 6.45) is 0. The van der Waals surface area contributed by atoms with Gasteiger partial charge in [-0.1, -0.05) is 0 Å². The molecule has 1 unspecified atom stereocenters. The first-order valence-electron chi connectivity index (χ1n) is 4.99. The Morgan fingerprint density at radius 3 is 2.83 bits per heavy atom. The number of primary amides is 1. The van der Waals surface area contributed by atoms with Crippen molar-refractivity contribution in [1.82, 2.24) is 5.32 Å².